The van der Waals surface area contributed by atoms with Crippen molar-refractivity contribution >= 4 is 17.2 Å². The van der Waals surface area contributed by atoms with E-state index in [1.807, 2.05) is 84.9 Å². The van der Waals surface area contributed by atoms with E-state index in [9.17, 15) is 0 Å². The van der Waals surface area contributed by atoms with Crippen molar-refractivity contribution in [2.75, 3.05) is 0 Å². The molecule has 252 valence electrons. The number of hydrogen-bond acceptors (Lipinski definition) is 10. The summed E-state index contributed by atoms with van der Waals surface area (Å²) in [4.78, 5) is 16.9. The molecule has 10 nitrogen and oxygen atoms in total. The summed E-state index contributed by atoms with van der Waals surface area (Å²) in [5, 5.41) is 0. The Kier molecular flexibility index (Phi) is 11.0. The Balaban J connectivity index is 1.37. The molecule has 0 bridgehead atoms. The average molecular weight is 713 g/mol. The van der Waals surface area contributed by atoms with Gasteiger partial charge in [0.15, 0.2) is 5.60 Å². The smallest absolute Gasteiger partial charge is 0.416 e. The lowest BCUT2D eigenvalue weighted by molar-refractivity contribution is 0.134. The topological polar surface area (TPSA) is 107 Å². The standard InChI is InChI=1S/C39H30N4O6P2/c1-3-13-31(14-4-1)39(32-15-5-2-6-16-32,49-51(46-35-19-11-25-42-29-35)47-36-20-12-26-43-30-36)37-21-7-8-22-38(37)48-50(44-33-17-9-23-40-27-33)45-34-18-10-24-41-28-34/h1-30H. The van der Waals surface area contributed by atoms with E-state index in [0.717, 1.165) is 11.1 Å². The molecule has 0 aliphatic rings. The fourth-order valence-electron chi connectivity index (χ4n) is 5.07. The Morgan fingerprint density at radius 3 is 1.18 bits per heavy atom. The number of nitrogens with zero attached hydrogens (tertiary/aromatic N) is 4. The number of aromatic nitrogens is 4. The zero-order valence-corrected chi connectivity index (χ0v) is 28.7. The predicted molar refractivity (Wildman–Crippen MR) is 194 cm³/mol. The molecule has 0 radical (unpaired) electrons. The first-order chi connectivity index (χ1) is 25.3. The van der Waals surface area contributed by atoms with Gasteiger partial charge in [-0.15, -0.1) is 0 Å². The lowest BCUT2D eigenvalue weighted by Crippen LogP contribution is -2.33. The molecule has 0 aliphatic carbocycles. The van der Waals surface area contributed by atoms with Gasteiger partial charge in [-0.25, -0.2) is 0 Å². The van der Waals surface area contributed by atoms with Gasteiger partial charge in [0, 0.05) is 30.4 Å². The number of rotatable bonds is 15. The second kappa shape index (κ2) is 16.7. The van der Waals surface area contributed by atoms with E-state index in [-0.39, 0.29) is 0 Å². The van der Waals surface area contributed by atoms with Gasteiger partial charge in [0.25, 0.3) is 0 Å². The third-order valence-corrected chi connectivity index (χ3v) is 9.48. The van der Waals surface area contributed by atoms with Crippen LogP contribution >= 0.6 is 17.2 Å². The molecule has 12 heteroatoms. The molecular formula is C39H30N4O6P2. The van der Waals surface area contributed by atoms with Crippen LogP contribution in [-0.4, -0.2) is 19.9 Å². The highest BCUT2D eigenvalue weighted by molar-refractivity contribution is 7.43. The van der Waals surface area contributed by atoms with Crippen molar-refractivity contribution < 1.29 is 27.1 Å². The summed E-state index contributed by atoms with van der Waals surface area (Å²) in [6, 6.07) is 41.5. The van der Waals surface area contributed by atoms with E-state index in [0.29, 0.717) is 34.3 Å². The van der Waals surface area contributed by atoms with Crippen molar-refractivity contribution in [1.82, 2.24) is 19.9 Å². The maximum atomic E-state index is 7.25. The zero-order valence-electron chi connectivity index (χ0n) is 27.0. The second-order valence-electron chi connectivity index (χ2n) is 10.7. The minimum Gasteiger partial charge on any atom is -0.416 e. The summed E-state index contributed by atoms with van der Waals surface area (Å²) in [6.07, 6.45) is 13.1. The Bertz CT molecular complexity index is 1950. The molecule has 4 heterocycles. The molecule has 0 fully saturated rings. The number of hydrogen-bond donors (Lipinski definition) is 0. The number of para-hydroxylation sites is 1. The van der Waals surface area contributed by atoms with E-state index in [2.05, 4.69) is 19.9 Å². The predicted octanol–water partition coefficient (Wildman–Crippen LogP) is 9.72. The first kappa shape index (κ1) is 33.6. The fourth-order valence-corrected chi connectivity index (χ4v) is 7.26. The van der Waals surface area contributed by atoms with Crippen LogP contribution in [0.3, 0.4) is 0 Å². The molecule has 4 aromatic heterocycles. The van der Waals surface area contributed by atoms with Crippen LogP contribution in [0.1, 0.15) is 16.7 Å². The van der Waals surface area contributed by atoms with Crippen LogP contribution in [0.2, 0.25) is 0 Å². The molecule has 0 unspecified atom stereocenters. The number of benzene rings is 3. The largest absolute Gasteiger partial charge is 0.530 e. The van der Waals surface area contributed by atoms with E-state index in [1.165, 1.54) is 0 Å². The average Bonchev–Trinajstić information content (AvgIpc) is 3.19. The van der Waals surface area contributed by atoms with Crippen LogP contribution in [0.25, 0.3) is 0 Å². The quantitative estimate of drug-likeness (QED) is 0.0753. The third-order valence-electron chi connectivity index (χ3n) is 7.27. The minimum absolute atomic E-state index is 0.432. The van der Waals surface area contributed by atoms with Gasteiger partial charge in [0.05, 0.1) is 24.8 Å². The lowest BCUT2D eigenvalue weighted by Gasteiger charge is -2.37. The highest BCUT2D eigenvalue weighted by atomic mass is 31.2. The molecule has 3 aromatic carbocycles. The monoisotopic (exact) mass is 712 g/mol. The molecule has 51 heavy (non-hydrogen) atoms. The molecule has 0 N–H and O–H groups in total. The van der Waals surface area contributed by atoms with E-state index in [4.69, 9.17) is 27.1 Å². The van der Waals surface area contributed by atoms with E-state index >= 15 is 0 Å². The van der Waals surface area contributed by atoms with Crippen LogP contribution < -0.4 is 22.6 Å². The molecule has 0 saturated carbocycles. The maximum absolute atomic E-state index is 7.25. The maximum Gasteiger partial charge on any atom is 0.530 e. The van der Waals surface area contributed by atoms with Crippen molar-refractivity contribution in [3.05, 3.63) is 200 Å². The zero-order chi connectivity index (χ0) is 34.6. The van der Waals surface area contributed by atoms with Gasteiger partial charge in [-0.05, 0) is 65.7 Å². The molecular weight excluding hydrogens is 682 g/mol. The van der Waals surface area contributed by atoms with Crippen LogP contribution in [-0.2, 0) is 10.1 Å². The second-order valence-corrected chi connectivity index (χ2v) is 12.6. The molecule has 0 atom stereocenters. The van der Waals surface area contributed by atoms with Gasteiger partial charge in [0.2, 0.25) is 0 Å². The summed E-state index contributed by atoms with van der Waals surface area (Å²) in [5.41, 5.74) is 0.848. The van der Waals surface area contributed by atoms with Gasteiger partial charge >= 0.3 is 17.2 Å². The van der Waals surface area contributed by atoms with Crippen LogP contribution in [0.5, 0.6) is 28.7 Å². The van der Waals surface area contributed by atoms with Crippen molar-refractivity contribution in [3.8, 4) is 28.7 Å². The summed E-state index contributed by atoms with van der Waals surface area (Å²) in [6.45, 7) is 0. The molecule has 0 saturated heterocycles. The van der Waals surface area contributed by atoms with Gasteiger partial charge in [-0.1, -0.05) is 78.9 Å². The van der Waals surface area contributed by atoms with Gasteiger partial charge in [-0.2, -0.15) is 0 Å². The number of pyridine rings is 4. The van der Waals surface area contributed by atoms with Gasteiger partial charge in [-0.3, -0.25) is 24.5 Å². The molecule has 0 aliphatic heterocycles. The fraction of sp³-hybridized carbons (Fsp3) is 0.0256. The summed E-state index contributed by atoms with van der Waals surface area (Å²) in [5.74, 6) is 2.30. The van der Waals surface area contributed by atoms with Crippen molar-refractivity contribution in [2.45, 2.75) is 5.60 Å². The first-order valence-corrected chi connectivity index (χ1v) is 18.0. The summed E-state index contributed by atoms with van der Waals surface area (Å²) in [7, 11) is -4.29. The Morgan fingerprint density at radius 1 is 0.373 bits per heavy atom. The molecule has 0 amide bonds. The SMILES string of the molecule is c1ccc(C(OP(Oc2cccnc2)Oc2cccnc2)(c2ccccc2)c2ccccc2OP(Oc2cccnc2)Oc2cccnc2)cc1. The van der Waals surface area contributed by atoms with E-state index in [1.54, 1.807) is 98.1 Å². The Labute approximate surface area is 297 Å². The van der Waals surface area contributed by atoms with Gasteiger partial charge < -0.3 is 22.6 Å². The molecule has 7 rings (SSSR count). The van der Waals surface area contributed by atoms with Crippen molar-refractivity contribution in [3.63, 3.8) is 0 Å². The Hall–Kier alpha value is -5.92. The van der Waals surface area contributed by atoms with Crippen molar-refractivity contribution in [1.29, 1.82) is 0 Å². The minimum atomic E-state index is -2.19. The van der Waals surface area contributed by atoms with Crippen molar-refractivity contribution in [2.24, 2.45) is 0 Å². The Morgan fingerprint density at radius 2 is 0.765 bits per heavy atom. The highest BCUT2D eigenvalue weighted by Gasteiger charge is 2.45. The molecule has 0 spiro atoms. The summed E-state index contributed by atoms with van der Waals surface area (Å²) >= 11 is 0. The summed E-state index contributed by atoms with van der Waals surface area (Å²) < 4.78 is 39.4. The first-order valence-electron chi connectivity index (χ1n) is 15.8. The third kappa shape index (κ3) is 8.46. The van der Waals surface area contributed by atoms with Crippen LogP contribution in [0, 0.1) is 0 Å². The normalized spacial score (nSPS) is 11.2. The lowest BCUT2D eigenvalue weighted by atomic mass is 9.80. The van der Waals surface area contributed by atoms with Crippen LogP contribution in [0.15, 0.2) is 183 Å². The highest BCUT2D eigenvalue weighted by Crippen LogP contribution is 2.56. The van der Waals surface area contributed by atoms with Crippen LogP contribution in [0.4, 0.5) is 0 Å². The molecule has 7 aromatic rings. The van der Waals surface area contributed by atoms with E-state index < -0.39 is 22.8 Å². The van der Waals surface area contributed by atoms with Gasteiger partial charge in [0.1, 0.15) is 28.7 Å².